The first-order chi connectivity index (χ1) is 11.8. The van der Waals surface area contributed by atoms with Crippen molar-refractivity contribution in [1.82, 2.24) is 24.0 Å². The van der Waals surface area contributed by atoms with Gasteiger partial charge in [-0.05, 0) is 23.6 Å². The second-order valence-electron chi connectivity index (χ2n) is 6.13. The van der Waals surface area contributed by atoms with Gasteiger partial charge in [-0.3, -0.25) is 14.2 Å². The summed E-state index contributed by atoms with van der Waals surface area (Å²) in [5.74, 6) is 0. The summed E-state index contributed by atoms with van der Waals surface area (Å²) >= 11 is 1.82. The third-order valence-corrected chi connectivity index (χ3v) is 5.40. The number of pyridine rings is 1. The van der Waals surface area contributed by atoms with Crippen molar-refractivity contribution >= 4 is 17.0 Å². The minimum atomic E-state index is -0.0538. The standard InChI is InChI=1S/C17H21N5OS/c23-17-21-6-2-1-5-16(21)18-22(17)12-11-19-7-9-20(10-8-19)14-15-4-3-13-24-15/h1-6,13H,7-12,14H2. The molecule has 1 aliphatic heterocycles. The van der Waals surface area contributed by atoms with Crippen LogP contribution in [0.1, 0.15) is 4.88 Å². The highest BCUT2D eigenvalue weighted by Gasteiger charge is 2.17. The summed E-state index contributed by atoms with van der Waals surface area (Å²) in [4.78, 5) is 18.6. The van der Waals surface area contributed by atoms with Gasteiger partial charge in [0.05, 0.1) is 6.54 Å². The van der Waals surface area contributed by atoms with Gasteiger partial charge in [-0.2, -0.15) is 0 Å². The third kappa shape index (κ3) is 3.28. The van der Waals surface area contributed by atoms with Gasteiger partial charge in [0.25, 0.3) is 0 Å². The Hall–Kier alpha value is -1.96. The fourth-order valence-electron chi connectivity index (χ4n) is 3.14. The van der Waals surface area contributed by atoms with Gasteiger partial charge >= 0.3 is 5.69 Å². The maximum absolute atomic E-state index is 12.3. The van der Waals surface area contributed by atoms with E-state index in [9.17, 15) is 4.79 Å². The van der Waals surface area contributed by atoms with Crippen molar-refractivity contribution in [3.8, 4) is 0 Å². The van der Waals surface area contributed by atoms with Crippen LogP contribution in [0.2, 0.25) is 0 Å². The highest BCUT2D eigenvalue weighted by atomic mass is 32.1. The largest absolute Gasteiger partial charge is 0.350 e. The quantitative estimate of drug-likeness (QED) is 0.702. The molecule has 126 valence electrons. The van der Waals surface area contributed by atoms with E-state index in [1.165, 1.54) is 4.88 Å². The molecule has 4 rings (SSSR count). The van der Waals surface area contributed by atoms with Gasteiger partial charge in [0.2, 0.25) is 0 Å². The molecule has 0 atom stereocenters. The number of piperazine rings is 1. The van der Waals surface area contributed by atoms with Crippen molar-refractivity contribution in [2.45, 2.75) is 13.1 Å². The Morgan fingerprint density at radius 3 is 2.58 bits per heavy atom. The Bertz CT molecular complexity index is 845. The zero-order chi connectivity index (χ0) is 16.4. The molecule has 0 spiro atoms. The van der Waals surface area contributed by atoms with Crippen LogP contribution in [0.15, 0.2) is 46.7 Å². The Labute approximate surface area is 144 Å². The molecule has 1 aliphatic rings. The summed E-state index contributed by atoms with van der Waals surface area (Å²) < 4.78 is 3.17. The van der Waals surface area contributed by atoms with E-state index >= 15 is 0 Å². The van der Waals surface area contributed by atoms with Crippen LogP contribution in [0, 0.1) is 0 Å². The van der Waals surface area contributed by atoms with Crippen molar-refractivity contribution in [3.05, 3.63) is 57.3 Å². The average Bonchev–Trinajstić information content (AvgIpc) is 3.23. The smallest absolute Gasteiger partial charge is 0.299 e. The maximum atomic E-state index is 12.3. The zero-order valence-corrected chi connectivity index (χ0v) is 14.4. The zero-order valence-electron chi connectivity index (χ0n) is 13.5. The molecule has 4 heterocycles. The molecular formula is C17H21N5OS. The second-order valence-corrected chi connectivity index (χ2v) is 7.16. The molecule has 0 amide bonds. The number of nitrogens with zero attached hydrogens (tertiary/aromatic N) is 5. The molecule has 24 heavy (non-hydrogen) atoms. The number of aromatic nitrogens is 3. The number of hydrogen-bond donors (Lipinski definition) is 0. The van der Waals surface area contributed by atoms with Crippen LogP contribution in [-0.2, 0) is 13.1 Å². The summed E-state index contributed by atoms with van der Waals surface area (Å²) in [6, 6.07) is 9.93. The SMILES string of the molecule is O=c1n(CCN2CCN(Cc3cccs3)CC2)nc2ccccn12. The minimum Gasteiger partial charge on any atom is -0.299 e. The minimum absolute atomic E-state index is 0.0538. The molecule has 0 radical (unpaired) electrons. The van der Waals surface area contributed by atoms with Gasteiger partial charge in [0, 0.05) is 50.3 Å². The molecule has 6 nitrogen and oxygen atoms in total. The summed E-state index contributed by atoms with van der Waals surface area (Å²) in [7, 11) is 0. The average molecular weight is 343 g/mol. The van der Waals surface area contributed by atoms with Gasteiger partial charge in [-0.25, -0.2) is 9.48 Å². The Kier molecular flexibility index (Phi) is 4.46. The molecule has 1 saturated heterocycles. The lowest BCUT2D eigenvalue weighted by atomic mass is 10.3. The number of fused-ring (bicyclic) bond motifs is 1. The van der Waals surface area contributed by atoms with Crippen LogP contribution in [0.25, 0.3) is 5.65 Å². The van der Waals surface area contributed by atoms with E-state index in [1.54, 1.807) is 15.3 Å². The van der Waals surface area contributed by atoms with Crippen LogP contribution in [0.4, 0.5) is 0 Å². The molecule has 3 aromatic heterocycles. The summed E-state index contributed by atoms with van der Waals surface area (Å²) in [6.45, 7) is 6.83. The highest BCUT2D eigenvalue weighted by molar-refractivity contribution is 7.09. The molecule has 0 N–H and O–H groups in total. The van der Waals surface area contributed by atoms with Gasteiger partial charge in [0.15, 0.2) is 5.65 Å². The van der Waals surface area contributed by atoms with Crippen LogP contribution in [0.5, 0.6) is 0 Å². The number of hydrogen-bond acceptors (Lipinski definition) is 5. The lowest BCUT2D eigenvalue weighted by Gasteiger charge is -2.34. The third-order valence-electron chi connectivity index (χ3n) is 4.54. The van der Waals surface area contributed by atoms with E-state index in [0.29, 0.717) is 12.2 Å². The van der Waals surface area contributed by atoms with Gasteiger partial charge in [-0.1, -0.05) is 12.1 Å². The summed E-state index contributed by atoms with van der Waals surface area (Å²) in [5.41, 5.74) is 0.658. The molecule has 1 fully saturated rings. The summed E-state index contributed by atoms with van der Waals surface area (Å²) in [5, 5.41) is 6.53. The normalized spacial score (nSPS) is 16.8. The van der Waals surface area contributed by atoms with Crippen molar-refractivity contribution in [3.63, 3.8) is 0 Å². The molecule has 7 heteroatoms. The highest BCUT2D eigenvalue weighted by Crippen LogP contribution is 2.13. The number of rotatable bonds is 5. The van der Waals surface area contributed by atoms with E-state index in [2.05, 4.69) is 32.4 Å². The molecule has 0 aliphatic carbocycles. The second kappa shape index (κ2) is 6.88. The Balaban J connectivity index is 1.31. The Morgan fingerprint density at radius 2 is 1.83 bits per heavy atom. The first-order valence-electron chi connectivity index (χ1n) is 8.31. The van der Waals surface area contributed by atoms with Crippen LogP contribution in [0.3, 0.4) is 0 Å². The Morgan fingerprint density at radius 1 is 1.00 bits per heavy atom. The predicted molar refractivity (Wildman–Crippen MR) is 95.5 cm³/mol. The van der Waals surface area contributed by atoms with Crippen molar-refractivity contribution in [2.75, 3.05) is 32.7 Å². The lowest BCUT2D eigenvalue weighted by Crippen LogP contribution is -2.47. The van der Waals surface area contributed by atoms with E-state index in [-0.39, 0.29) is 5.69 Å². The van der Waals surface area contributed by atoms with E-state index in [1.807, 2.05) is 29.5 Å². The first-order valence-corrected chi connectivity index (χ1v) is 9.19. The van der Waals surface area contributed by atoms with Gasteiger partial charge in [-0.15, -0.1) is 16.4 Å². The topological polar surface area (TPSA) is 45.8 Å². The summed E-state index contributed by atoms with van der Waals surface area (Å²) in [6.07, 6.45) is 1.77. The number of thiophene rings is 1. The van der Waals surface area contributed by atoms with E-state index < -0.39 is 0 Å². The van der Waals surface area contributed by atoms with Gasteiger partial charge < -0.3 is 0 Å². The molecule has 0 saturated carbocycles. The molecule has 0 unspecified atom stereocenters. The monoisotopic (exact) mass is 343 g/mol. The molecular weight excluding hydrogens is 322 g/mol. The van der Waals surface area contributed by atoms with E-state index in [4.69, 9.17) is 0 Å². The van der Waals surface area contributed by atoms with Crippen LogP contribution in [-0.4, -0.2) is 56.7 Å². The van der Waals surface area contributed by atoms with Gasteiger partial charge in [0.1, 0.15) is 0 Å². The first kappa shape index (κ1) is 15.6. The van der Waals surface area contributed by atoms with Crippen molar-refractivity contribution < 1.29 is 0 Å². The van der Waals surface area contributed by atoms with E-state index in [0.717, 1.165) is 39.3 Å². The van der Waals surface area contributed by atoms with Crippen LogP contribution >= 0.6 is 11.3 Å². The molecule has 3 aromatic rings. The molecule has 0 aromatic carbocycles. The molecule has 0 bridgehead atoms. The van der Waals surface area contributed by atoms with Crippen molar-refractivity contribution in [2.24, 2.45) is 0 Å². The predicted octanol–water partition coefficient (Wildman–Crippen LogP) is 1.38. The van der Waals surface area contributed by atoms with Crippen LogP contribution < -0.4 is 5.69 Å². The maximum Gasteiger partial charge on any atom is 0.350 e. The van der Waals surface area contributed by atoms with Crippen molar-refractivity contribution in [1.29, 1.82) is 0 Å². The fraction of sp³-hybridized carbons (Fsp3) is 0.412. The fourth-order valence-corrected chi connectivity index (χ4v) is 3.89. The lowest BCUT2D eigenvalue weighted by molar-refractivity contribution is 0.123.